The van der Waals surface area contributed by atoms with Crippen molar-refractivity contribution in [2.75, 3.05) is 12.9 Å². The number of ketones is 1. The van der Waals surface area contributed by atoms with Gasteiger partial charge in [-0.3, -0.25) is 4.79 Å². The van der Waals surface area contributed by atoms with Gasteiger partial charge in [0.2, 0.25) is 5.78 Å². The normalized spacial score (nSPS) is 13.4. The number of rotatable bonds is 6. The molecular formula is C21H17Cl2F6O2PS. The van der Waals surface area contributed by atoms with Gasteiger partial charge in [0.15, 0.2) is 15.5 Å². The zero-order valence-corrected chi connectivity index (χ0v) is 20.1. The van der Waals surface area contributed by atoms with E-state index in [-0.39, 0.29) is 5.78 Å². The topological polar surface area (TPSA) is 26.3 Å². The van der Waals surface area contributed by atoms with E-state index < -0.39 is 18.7 Å². The van der Waals surface area contributed by atoms with Crippen LogP contribution in [0.5, 0.6) is 5.75 Å². The van der Waals surface area contributed by atoms with Crippen LogP contribution in [0.15, 0.2) is 82.6 Å². The van der Waals surface area contributed by atoms with E-state index in [9.17, 15) is 30.0 Å². The summed E-state index contributed by atoms with van der Waals surface area (Å²) in [6.07, 6.45) is 0. The van der Waals surface area contributed by atoms with Crippen molar-refractivity contribution in [3.05, 3.63) is 88.4 Å². The van der Waals surface area contributed by atoms with Gasteiger partial charge in [0.1, 0.15) is 5.75 Å². The van der Waals surface area contributed by atoms with Gasteiger partial charge in [0.25, 0.3) is 0 Å². The van der Waals surface area contributed by atoms with Crippen LogP contribution in [0, 0.1) is 0 Å². The zero-order valence-electron chi connectivity index (χ0n) is 16.8. The molecule has 180 valence electrons. The molecule has 0 fully saturated rings. The Morgan fingerprint density at radius 2 is 1.12 bits per heavy atom. The van der Waals surface area contributed by atoms with Crippen LogP contribution in [0.2, 0.25) is 10.0 Å². The fraction of sp³-hybridized carbons (Fsp3) is 0.0952. The first-order valence-corrected chi connectivity index (χ1v) is 13.2. The number of carbonyl (C=O) groups is 1. The monoisotopic (exact) mass is 548 g/mol. The summed E-state index contributed by atoms with van der Waals surface area (Å²) >= 11 is 12.0. The van der Waals surface area contributed by atoms with Crippen LogP contribution in [0.25, 0.3) is 0 Å². The molecule has 0 saturated carbocycles. The van der Waals surface area contributed by atoms with Crippen molar-refractivity contribution in [1.82, 2.24) is 0 Å². The number of benzene rings is 3. The van der Waals surface area contributed by atoms with E-state index in [1.54, 1.807) is 31.4 Å². The second-order valence-electron chi connectivity index (χ2n) is 6.55. The molecule has 0 N–H and O–H groups in total. The molecule has 3 aromatic rings. The quantitative estimate of drug-likeness (QED) is 0.133. The first-order chi connectivity index (χ1) is 15.0. The fourth-order valence-corrected chi connectivity index (χ4v) is 4.71. The van der Waals surface area contributed by atoms with E-state index in [0.717, 1.165) is 15.5 Å². The van der Waals surface area contributed by atoms with E-state index in [2.05, 4.69) is 0 Å². The van der Waals surface area contributed by atoms with Gasteiger partial charge in [-0.1, -0.05) is 23.2 Å². The van der Waals surface area contributed by atoms with Crippen LogP contribution >= 0.6 is 31.0 Å². The molecule has 3 rings (SSSR count). The number of Topliss-reactive ketones (excluding diaryl/α,β-unsaturated/α-hetero) is 1. The standard InChI is InChI=1S/C21H17Cl2O2S.F6P/c1-25-18-8-2-15(3-9-18)21(24)14-26(19-10-4-16(22)5-11-19)20-12-6-17(23)7-13-20;1-7(2,3,4,5)6/h2-13H,14H2,1H3;/q+1;-1. The third-order valence-electron chi connectivity index (χ3n) is 3.88. The van der Waals surface area contributed by atoms with Gasteiger partial charge in [-0.05, 0) is 72.8 Å². The molecule has 0 aliphatic carbocycles. The summed E-state index contributed by atoms with van der Waals surface area (Å²) in [4.78, 5) is 15.0. The van der Waals surface area contributed by atoms with Crippen molar-refractivity contribution in [3.8, 4) is 5.75 Å². The third kappa shape index (κ3) is 11.2. The minimum absolute atomic E-state index is 0.0842. The Bertz CT molecular complexity index is 1030. The molecule has 0 aromatic heterocycles. The molecule has 33 heavy (non-hydrogen) atoms. The maximum absolute atomic E-state index is 12.8. The summed E-state index contributed by atoms with van der Waals surface area (Å²) in [5, 5.41) is 1.35. The molecule has 0 unspecified atom stereocenters. The van der Waals surface area contributed by atoms with Crippen molar-refractivity contribution >= 4 is 47.7 Å². The minimum atomic E-state index is -10.7. The van der Waals surface area contributed by atoms with Crippen molar-refractivity contribution in [2.24, 2.45) is 0 Å². The van der Waals surface area contributed by atoms with Gasteiger partial charge < -0.3 is 4.74 Å². The number of hydrogen-bond acceptors (Lipinski definition) is 2. The summed E-state index contributed by atoms with van der Waals surface area (Å²) in [6.45, 7) is 0. The second kappa shape index (κ2) is 9.74. The van der Waals surface area contributed by atoms with E-state index in [0.29, 0.717) is 21.4 Å². The van der Waals surface area contributed by atoms with Gasteiger partial charge in [-0.25, -0.2) is 0 Å². The SMILES string of the molecule is COc1ccc(C(=O)C[S+](c2ccc(Cl)cc2)c2ccc(Cl)cc2)cc1.F[P-](F)(F)(F)(F)F. The first kappa shape index (κ1) is 27.3. The van der Waals surface area contributed by atoms with Gasteiger partial charge in [0, 0.05) is 15.6 Å². The molecular weight excluding hydrogens is 532 g/mol. The van der Waals surface area contributed by atoms with Crippen LogP contribution in [0.1, 0.15) is 10.4 Å². The maximum atomic E-state index is 12.8. The molecule has 0 aliphatic rings. The average Bonchev–Trinajstić information content (AvgIpc) is 2.71. The fourth-order valence-electron chi connectivity index (χ4n) is 2.49. The first-order valence-electron chi connectivity index (χ1n) is 8.97. The molecule has 0 atom stereocenters. The molecule has 3 aromatic carbocycles. The van der Waals surface area contributed by atoms with Crippen LogP contribution in [0.4, 0.5) is 25.2 Å². The molecule has 0 amide bonds. The molecule has 0 spiro atoms. The van der Waals surface area contributed by atoms with Crippen LogP contribution in [-0.2, 0) is 10.9 Å². The Balaban J connectivity index is 0.000000479. The van der Waals surface area contributed by atoms with Crippen LogP contribution in [0.3, 0.4) is 0 Å². The summed E-state index contributed by atoms with van der Waals surface area (Å²) in [5.41, 5.74) is 0.672. The van der Waals surface area contributed by atoms with Crippen molar-refractivity contribution in [1.29, 1.82) is 0 Å². The van der Waals surface area contributed by atoms with Crippen LogP contribution < -0.4 is 4.74 Å². The summed E-state index contributed by atoms with van der Waals surface area (Å²) in [7, 11) is -9.45. The molecule has 0 aliphatic heterocycles. The zero-order chi connectivity index (χ0) is 24.9. The summed E-state index contributed by atoms with van der Waals surface area (Å²) < 4.78 is 64.4. The predicted molar refractivity (Wildman–Crippen MR) is 123 cm³/mol. The average molecular weight is 549 g/mol. The van der Waals surface area contributed by atoms with Gasteiger partial charge in [0.05, 0.1) is 18.0 Å². The number of hydrogen-bond donors (Lipinski definition) is 0. The van der Waals surface area contributed by atoms with Crippen molar-refractivity contribution in [2.45, 2.75) is 9.79 Å². The predicted octanol–water partition coefficient (Wildman–Crippen LogP) is 9.30. The molecule has 12 heteroatoms. The Kier molecular flexibility index (Phi) is 8.06. The van der Waals surface area contributed by atoms with Gasteiger partial charge >= 0.3 is 33.0 Å². The van der Waals surface area contributed by atoms with E-state index in [1.165, 1.54) is 0 Å². The summed E-state index contributed by atoms with van der Waals surface area (Å²) in [6, 6.07) is 22.5. The van der Waals surface area contributed by atoms with Gasteiger partial charge in [-0.2, -0.15) is 0 Å². The molecule has 2 nitrogen and oxygen atoms in total. The Hall–Kier alpha value is -1.93. The molecule has 0 saturated heterocycles. The number of halogens is 8. The number of carbonyl (C=O) groups excluding carboxylic acids is 1. The molecule has 0 bridgehead atoms. The van der Waals surface area contributed by atoms with E-state index in [1.807, 2.05) is 48.5 Å². The van der Waals surface area contributed by atoms with Gasteiger partial charge in [-0.15, -0.1) is 0 Å². The van der Waals surface area contributed by atoms with Crippen LogP contribution in [-0.4, -0.2) is 18.6 Å². The Labute approximate surface area is 199 Å². The van der Waals surface area contributed by atoms with E-state index >= 15 is 0 Å². The van der Waals surface area contributed by atoms with Crippen molar-refractivity contribution < 1.29 is 34.7 Å². The third-order valence-corrected chi connectivity index (χ3v) is 6.62. The molecule has 0 heterocycles. The van der Waals surface area contributed by atoms with Crippen molar-refractivity contribution in [3.63, 3.8) is 0 Å². The Morgan fingerprint density at radius 1 is 0.758 bits per heavy atom. The Morgan fingerprint density at radius 3 is 1.45 bits per heavy atom. The number of methoxy groups -OCH3 is 1. The molecule has 0 radical (unpaired) electrons. The summed E-state index contributed by atoms with van der Waals surface area (Å²) in [5.74, 6) is 1.20. The second-order valence-corrected chi connectivity index (χ2v) is 11.4. The van der Waals surface area contributed by atoms with E-state index in [4.69, 9.17) is 27.9 Å². The number of ether oxygens (including phenoxy) is 1.